The van der Waals surface area contributed by atoms with Crippen LogP contribution in [0.5, 0.6) is 0 Å². The maximum Gasteiger partial charge on any atom is 0.301 e. The summed E-state index contributed by atoms with van der Waals surface area (Å²) in [7, 11) is -0.676. The molecule has 0 amide bonds. The molecule has 0 radical (unpaired) electrons. The predicted octanol–water partition coefficient (Wildman–Crippen LogP) is 3.35. The fourth-order valence-electron chi connectivity index (χ4n) is 1.51. The molecule has 1 heterocycles. The highest BCUT2D eigenvalue weighted by Gasteiger charge is 2.13. The molecule has 1 aromatic heterocycles. The predicted molar refractivity (Wildman–Crippen MR) is 90.2 cm³/mol. The van der Waals surface area contributed by atoms with Crippen LogP contribution in [0.15, 0.2) is 36.5 Å². The monoisotopic (exact) mass is 360 g/mol. The molecular formula is C13H14Cl2N4O2S. The van der Waals surface area contributed by atoms with Gasteiger partial charge in [0.15, 0.2) is 0 Å². The van der Waals surface area contributed by atoms with Crippen molar-refractivity contribution in [2.45, 2.75) is 0 Å². The second kappa shape index (κ2) is 6.70. The Balaban J connectivity index is 2.14. The van der Waals surface area contributed by atoms with E-state index in [-0.39, 0.29) is 0 Å². The van der Waals surface area contributed by atoms with Gasteiger partial charge in [-0.2, -0.15) is 12.7 Å². The third-order valence-corrected chi connectivity index (χ3v) is 4.98. The molecule has 0 aliphatic heterocycles. The van der Waals surface area contributed by atoms with Crippen LogP contribution in [0, 0.1) is 0 Å². The highest BCUT2D eigenvalue weighted by Crippen LogP contribution is 2.31. The lowest BCUT2D eigenvalue weighted by atomic mass is 10.3. The first kappa shape index (κ1) is 16.8. The van der Waals surface area contributed by atoms with Crippen molar-refractivity contribution in [3.05, 3.63) is 46.6 Å². The van der Waals surface area contributed by atoms with Gasteiger partial charge in [-0.1, -0.05) is 29.3 Å². The average Bonchev–Trinajstić information content (AvgIpc) is 2.45. The number of pyridine rings is 1. The molecular weight excluding hydrogens is 347 g/mol. The van der Waals surface area contributed by atoms with Crippen molar-refractivity contribution >= 4 is 50.6 Å². The zero-order valence-electron chi connectivity index (χ0n) is 11.8. The third kappa shape index (κ3) is 4.01. The second-order valence-corrected chi connectivity index (χ2v) is 7.22. The Morgan fingerprint density at radius 2 is 1.86 bits per heavy atom. The lowest BCUT2D eigenvalue weighted by molar-refractivity contribution is 0.527. The van der Waals surface area contributed by atoms with Gasteiger partial charge in [0.05, 0.1) is 27.6 Å². The highest BCUT2D eigenvalue weighted by atomic mass is 35.5. The summed E-state index contributed by atoms with van der Waals surface area (Å²) in [5, 5.41) is 3.84. The fraction of sp³-hybridized carbons (Fsp3) is 0.154. The Bertz CT molecular complexity index is 764. The van der Waals surface area contributed by atoms with Crippen molar-refractivity contribution in [3.8, 4) is 0 Å². The van der Waals surface area contributed by atoms with E-state index >= 15 is 0 Å². The molecule has 2 aromatic rings. The van der Waals surface area contributed by atoms with E-state index in [4.69, 9.17) is 23.2 Å². The zero-order valence-corrected chi connectivity index (χ0v) is 14.2. The molecule has 0 saturated carbocycles. The molecule has 0 fully saturated rings. The van der Waals surface area contributed by atoms with Gasteiger partial charge >= 0.3 is 10.2 Å². The molecule has 1 aromatic carbocycles. The Morgan fingerprint density at radius 3 is 2.45 bits per heavy atom. The quantitative estimate of drug-likeness (QED) is 0.857. The maximum atomic E-state index is 11.7. The van der Waals surface area contributed by atoms with Crippen LogP contribution in [0.3, 0.4) is 0 Å². The van der Waals surface area contributed by atoms with Crippen molar-refractivity contribution in [3.63, 3.8) is 0 Å². The molecule has 0 unspecified atom stereocenters. The van der Waals surface area contributed by atoms with Crippen molar-refractivity contribution in [2.75, 3.05) is 24.1 Å². The van der Waals surface area contributed by atoms with Gasteiger partial charge in [-0.05, 0) is 24.3 Å². The number of benzene rings is 1. The summed E-state index contributed by atoms with van der Waals surface area (Å²) >= 11 is 12.0. The Kier molecular flexibility index (Phi) is 5.12. The molecule has 0 bridgehead atoms. The minimum atomic E-state index is -3.55. The minimum Gasteiger partial charge on any atom is -0.339 e. The van der Waals surface area contributed by atoms with Gasteiger partial charge in [-0.3, -0.25) is 4.72 Å². The van der Waals surface area contributed by atoms with Gasteiger partial charge in [-0.25, -0.2) is 4.98 Å². The first-order chi connectivity index (χ1) is 10.3. The largest absolute Gasteiger partial charge is 0.339 e. The maximum absolute atomic E-state index is 11.7. The van der Waals surface area contributed by atoms with Crippen LogP contribution in [0.1, 0.15) is 0 Å². The molecule has 2 N–H and O–H groups in total. The van der Waals surface area contributed by atoms with Crippen LogP contribution < -0.4 is 10.0 Å². The van der Waals surface area contributed by atoms with E-state index in [9.17, 15) is 8.42 Å². The standard InChI is InChI=1S/C13H14Cl2N4O2S/c1-19(2)22(20,21)18-9-6-7-12(16-8-9)17-11-5-3-4-10(14)13(11)15/h3-8,18H,1-2H3,(H,16,17). The van der Waals surface area contributed by atoms with Gasteiger partial charge in [0.1, 0.15) is 5.82 Å². The average molecular weight is 361 g/mol. The van der Waals surface area contributed by atoms with Gasteiger partial charge in [0, 0.05) is 14.1 Å². The topological polar surface area (TPSA) is 74.3 Å². The van der Waals surface area contributed by atoms with Gasteiger partial charge in [-0.15, -0.1) is 0 Å². The fourth-order valence-corrected chi connectivity index (χ4v) is 2.46. The number of nitrogens with one attached hydrogen (secondary N) is 2. The molecule has 0 aliphatic carbocycles. The summed E-state index contributed by atoms with van der Waals surface area (Å²) in [6.07, 6.45) is 1.40. The van der Waals surface area contributed by atoms with Gasteiger partial charge in [0.25, 0.3) is 0 Å². The zero-order chi connectivity index (χ0) is 16.3. The lowest BCUT2D eigenvalue weighted by Crippen LogP contribution is -2.28. The number of hydrogen-bond acceptors (Lipinski definition) is 4. The minimum absolute atomic E-state index is 0.358. The summed E-state index contributed by atoms with van der Waals surface area (Å²) in [6, 6.07) is 8.43. The summed E-state index contributed by atoms with van der Waals surface area (Å²) < 4.78 is 26.9. The summed E-state index contributed by atoms with van der Waals surface area (Å²) in [6.45, 7) is 0. The molecule has 0 atom stereocenters. The first-order valence-electron chi connectivity index (χ1n) is 6.17. The van der Waals surface area contributed by atoms with E-state index in [1.54, 1.807) is 30.3 Å². The van der Waals surface area contributed by atoms with Crippen LogP contribution >= 0.6 is 23.2 Å². The molecule has 22 heavy (non-hydrogen) atoms. The SMILES string of the molecule is CN(C)S(=O)(=O)Nc1ccc(Nc2cccc(Cl)c2Cl)nc1. The molecule has 118 valence electrons. The van der Waals surface area contributed by atoms with Crippen molar-refractivity contribution < 1.29 is 8.42 Å². The van der Waals surface area contributed by atoms with Crippen LogP contribution in [-0.4, -0.2) is 31.8 Å². The third-order valence-electron chi connectivity index (χ3n) is 2.71. The van der Waals surface area contributed by atoms with Crippen molar-refractivity contribution in [1.29, 1.82) is 0 Å². The second-order valence-electron chi connectivity index (χ2n) is 4.55. The Morgan fingerprint density at radius 1 is 1.14 bits per heavy atom. The van der Waals surface area contributed by atoms with Gasteiger partial charge < -0.3 is 5.32 Å². The number of hydrogen-bond donors (Lipinski definition) is 2. The number of anilines is 3. The van der Waals surface area contributed by atoms with Crippen LogP contribution in [0.2, 0.25) is 10.0 Å². The lowest BCUT2D eigenvalue weighted by Gasteiger charge is -2.13. The van der Waals surface area contributed by atoms with Crippen molar-refractivity contribution in [2.24, 2.45) is 0 Å². The summed E-state index contributed by atoms with van der Waals surface area (Å²) in [5.74, 6) is 0.511. The Labute approximate surface area is 139 Å². The summed E-state index contributed by atoms with van der Waals surface area (Å²) in [4.78, 5) is 4.13. The van der Waals surface area contributed by atoms with E-state index in [0.717, 1.165) is 4.31 Å². The molecule has 6 nitrogen and oxygen atoms in total. The molecule has 0 spiro atoms. The number of rotatable bonds is 5. The van der Waals surface area contributed by atoms with Crippen molar-refractivity contribution in [1.82, 2.24) is 9.29 Å². The smallest absolute Gasteiger partial charge is 0.301 e. The van der Waals surface area contributed by atoms with Crippen LogP contribution in [-0.2, 0) is 10.2 Å². The normalized spacial score (nSPS) is 11.5. The van der Waals surface area contributed by atoms with E-state index in [1.165, 1.54) is 20.3 Å². The van der Waals surface area contributed by atoms with E-state index in [1.807, 2.05) is 0 Å². The molecule has 2 rings (SSSR count). The highest BCUT2D eigenvalue weighted by molar-refractivity contribution is 7.90. The first-order valence-corrected chi connectivity index (χ1v) is 8.36. The van der Waals surface area contributed by atoms with Crippen LogP contribution in [0.25, 0.3) is 0 Å². The number of aromatic nitrogens is 1. The molecule has 9 heteroatoms. The van der Waals surface area contributed by atoms with E-state index in [0.29, 0.717) is 27.2 Å². The molecule has 0 aliphatic rings. The van der Waals surface area contributed by atoms with E-state index < -0.39 is 10.2 Å². The molecule has 0 saturated heterocycles. The summed E-state index contributed by atoms with van der Waals surface area (Å²) in [5.41, 5.74) is 0.972. The Hall–Kier alpha value is -1.54. The van der Waals surface area contributed by atoms with Gasteiger partial charge in [0.2, 0.25) is 0 Å². The number of nitrogens with zero attached hydrogens (tertiary/aromatic N) is 2. The number of halogens is 2. The van der Waals surface area contributed by atoms with E-state index in [2.05, 4.69) is 15.0 Å². The van der Waals surface area contributed by atoms with Crippen LogP contribution in [0.4, 0.5) is 17.2 Å².